The van der Waals surface area contributed by atoms with Gasteiger partial charge < -0.3 is 5.73 Å². The molecule has 21 heavy (non-hydrogen) atoms. The van der Waals surface area contributed by atoms with Crippen LogP contribution in [0.5, 0.6) is 0 Å². The Bertz CT molecular complexity index is 688. The predicted octanol–water partition coefficient (Wildman–Crippen LogP) is 0.351. The van der Waals surface area contributed by atoms with E-state index in [2.05, 4.69) is 16.6 Å². The van der Waals surface area contributed by atoms with Crippen LogP contribution in [0.15, 0.2) is 23.1 Å². The summed E-state index contributed by atoms with van der Waals surface area (Å²) in [5, 5.41) is 0. The molecule has 1 aromatic carbocycles. The van der Waals surface area contributed by atoms with Gasteiger partial charge in [-0.05, 0) is 37.6 Å². The molecule has 7 heteroatoms. The second-order valence-electron chi connectivity index (χ2n) is 4.74. The molecule has 0 bridgehead atoms. The zero-order valence-corrected chi connectivity index (χ0v) is 14.0. The summed E-state index contributed by atoms with van der Waals surface area (Å²) in [6.07, 6.45) is 1.54. The molecule has 0 saturated carbocycles. The van der Waals surface area contributed by atoms with Crippen LogP contribution in [-0.4, -0.2) is 37.2 Å². The average Bonchev–Trinajstić information content (AvgIpc) is 2.35. The highest BCUT2D eigenvalue weighted by Gasteiger charge is 2.18. The minimum absolute atomic E-state index is 0.173. The SMILES string of the molecule is Cc1cc(S(=O)(=O)NC(C)CS(C)=O)ccc1C#CCN. The van der Waals surface area contributed by atoms with Crippen LogP contribution in [0, 0.1) is 18.8 Å². The average molecular weight is 328 g/mol. The van der Waals surface area contributed by atoms with E-state index in [1.807, 2.05) is 0 Å². The molecule has 0 aromatic heterocycles. The number of hydrogen-bond donors (Lipinski definition) is 2. The van der Waals surface area contributed by atoms with Gasteiger partial charge in [0.1, 0.15) is 0 Å². The summed E-state index contributed by atoms with van der Waals surface area (Å²) in [6.45, 7) is 3.74. The molecular formula is C14H20N2O3S2. The van der Waals surface area contributed by atoms with Crippen LogP contribution < -0.4 is 10.5 Å². The Morgan fingerprint density at radius 3 is 2.62 bits per heavy atom. The van der Waals surface area contributed by atoms with Crippen molar-refractivity contribution in [2.24, 2.45) is 5.73 Å². The second kappa shape index (κ2) is 7.71. The van der Waals surface area contributed by atoms with E-state index >= 15 is 0 Å². The van der Waals surface area contributed by atoms with Gasteiger partial charge in [-0.2, -0.15) is 0 Å². The first-order valence-corrected chi connectivity index (χ1v) is 9.59. The zero-order chi connectivity index (χ0) is 16.0. The molecule has 1 aromatic rings. The summed E-state index contributed by atoms with van der Waals surface area (Å²) in [4.78, 5) is 0.173. The molecule has 3 N–H and O–H groups in total. The number of benzene rings is 1. The zero-order valence-electron chi connectivity index (χ0n) is 12.3. The van der Waals surface area contributed by atoms with Crippen LogP contribution in [0.1, 0.15) is 18.1 Å². The molecule has 0 spiro atoms. The summed E-state index contributed by atoms with van der Waals surface area (Å²) in [6, 6.07) is 4.34. The quantitative estimate of drug-likeness (QED) is 0.763. The van der Waals surface area contributed by atoms with Crippen molar-refractivity contribution >= 4 is 20.8 Å². The van der Waals surface area contributed by atoms with Gasteiger partial charge in [0, 0.05) is 34.4 Å². The molecule has 0 saturated heterocycles. The Morgan fingerprint density at radius 1 is 1.43 bits per heavy atom. The molecule has 0 heterocycles. The van der Waals surface area contributed by atoms with Gasteiger partial charge in [-0.15, -0.1) is 0 Å². The van der Waals surface area contributed by atoms with Gasteiger partial charge in [0.15, 0.2) is 0 Å². The highest BCUT2D eigenvalue weighted by atomic mass is 32.2. The Kier molecular flexibility index (Phi) is 6.55. The van der Waals surface area contributed by atoms with E-state index in [1.165, 1.54) is 6.07 Å². The fraction of sp³-hybridized carbons (Fsp3) is 0.429. The molecule has 2 atom stereocenters. The molecule has 0 fully saturated rings. The lowest BCUT2D eigenvalue weighted by molar-refractivity contribution is 0.570. The molecule has 0 radical (unpaired) electrons. The van der Waals surface area contributed by atoms with E-state index in [-0.39, 0.29) is 17.2 Å². The molecule has 116 valence electrons. The van der Waals surface area contributed by atoms with Crippen LogP contribution in [0.2, 0.25) is 0 Å². The van der Waals surface area contributed by atoms with Crippen molar-refractivity contribution in [3.63, 3.8) is 0 Å². The third-order valence-corrected chi connectivity index (χ3v) is 5.23. The standard InChI is InChI=1S/C14H20N2O3S2/c1-11-9-14(7-6-13(11)5-4-8-15)21(18,19)16-12(2)10-20(3)17/h6-7,9,12,16H,8,10,15H2,1-3H3. The normalized spacial score (nSPS) is 14.1. The van der Waals surface area contributed by atoms with E-state index in [1.54, 1.807) is 32.2 Å². The van der Waals surface area contributed by atoms with Crippen LogP contribution in [0.3, 0.4) is 0 Å². The first-order valence-electron chi connectivity index (χ1n) is 6.38. The summed E-state index contributed by atoms with van der Waals surface area (Å²) in [5.41, 5.74) is 6.84. The van der Waals surface area contributed by atoms with E-state index in [9.17, 15) is 12.6 Å². The van der Waals surface area contributed by atoms with E-state index < -0.39 is 26.9 Å². The predicted molar refractivity (Wildman–Crippen MR) is 85.8 cm³/mol. The summed E-state index contributed by atoms with van der Waals surface area (Å²) in [7, 11) is -4.68. The third-order valence-electron chi connectivity index (χ3n) is 2.67. The van der Waals surface area contributed by atoms with Gasteiger partial charge in [0.2, 0.25) is 10.0 Å². The number of nitrogens with two attached hydrogens (primary N) is 1. The van der Waals surface area contributed by atoms with Crippen molar-refractivity contribution in [3.8, 4) is 11.8 Å². The molecule has 0 amide bonds. The van der Waals surface area contributed by atoms with Gasteiger partial charge in [0.05, 0.1) is 11.4 Å². The monoisotopic (exact) mass is 328 g/mol. The second-order valence-corrected chi connectivity index (χ2v) is 7.94. The maximum atomic E-state index is 12.2. The van der Waals surface area contributed by atoms with Crippen molar-refractivity contribution < 1.29 is 12.6 Å². The summed E-state index contributed by atoms with van der Waals surface area (Å²) < 4.78 is 38.1. The van der Waals surface area contributed by atoms with Crippen molar-refractivity contribution in [1.29, 1.82) is 0 Å². The number of nitrogens with one attached hydrogen (secondary N) is 1. The third kappa shape index (κ3) is 5.59. The summed E-state index contributed by atoms with van der Waals surface area (Å²) >= 11 is 0. The van der Waals surface area contributed by atoms with E-state index in [0.717, 1.165) is 11.1 Å². The maximum Gasteiger partial charge on any atom is 0.240 e. The molecule has 0 aliphatic carbocycles. The van der Waals surface area contributed by atoms with E-state index in [4.69, 9.17) is 5.73 Å². The van der Waals surface area contributed by atoms with E-state index in [0.29, 0.717) is 0 Å². The molecule has 5 nitrogen and oxygen atoms in total. The van der Waals surface area contributed by atoms with Crippen molar-refractivity contribution in [2.75, 3.05) is 18.6 Å². The van der Waals surface area contributed by atoms with Gasteiger partial charge in [-0.3, -0.25) is 4.21 Å². The fourth-order valence-electron chi connectivity index (χ4n) is 1.81. The molecule has 0 aliphatic rings. The van der Waals surface area contributed by atoms with Crippen LogP contribution in [0.4, 0.5) is 0 Å². The van der Waals surface area contributed by atoms with Crippen molar-refractivity contribution in [2.45, 2.75) is 24.8 Å². The highest BCUT2D eigenvalue weighted by Crippen LogP contribution is 2.15. The minimum atomic E-state index is -3.62. The van der Waals surface area contributed by atoms with Gasteiger partial charge >= 0.3 is 0 Å². The molecular weight excluding hydrogens is 308 g/mol. The smallest absolute Gasteiger partial charge is 0.240 e. The lowest BCUT2D eigenvalue weighted by atomic mass is 10.1. The van der Waals surface area contributed by atoms with Gasteiger partial charge in [-0.1, -0.05) is 11.8 Å². The Morgan fingerprint density at radius 2 is 2.10 bits per heavy atom. The molecule has 2 unspecified atom stereocenters. The van der Waals surface area contributed by atoms with Crippen LogP contribution >= 0.6 is 0 Å². The van der Waals surface area contributed by atoms with Crippen LogP contribution in [0.25, 0.3) is 0 Å². The van der Waals surface area contributed by atoms with Crippen molar-refractivity contribution in [3.05, 3.63) is 29.3 Å². The molecule has 1 rings (SSSR count). The first kappa shape index (κ1) is 17.9. The first-order chi connectivity index (χ1) is 9.76. The Balaban J connectivity index is 2.99. The largest absolute Gasteiger partial charge is 0.320 e. The number of hydrogen-bond acceptors (Lipinski definition) is 4. The van der Waals surface area contributed by atoms with Gasteiger partial charge in [-0.25, -0.2) is 13.1 Å². The fourth-order valence-corrected chi connectivity index (χ4v) is 4.03. The Labute approximate surface area is 128 Å². The molecule has 0 aliphatic heterocycles. The van der Waals surface area contributed by atoms with Crippen molar-refractivity contribution in [1.82, 2.24) is 4.72 Å². The summed E-state index contributed by atoms with van der Waals surface area (Å²) in [5.74, 6) is 5.90. The minimum Gasteiger partial charge on any atom is -0.320 e. The maximum absolute atomic E-state index is 12.2. The lowest BCUT2D eigenvalue weighted by Crippen LogP contribution is -2.36. The van der Waals surface area contributed by atoms with Gasteiger partial charge in [0.25, 0.3) is 0 Å². The van der Waals surface area contributed by atoms with Crippen LogP contribution in [-0.2, 0) is 20.8 Å². The highest BCUT2D eigenvalue weighted by molar-refractivity contribution is 7.89. The number of aryl methyl sites for hydroxylation is 1. The number of sulfonamides is 1. The topological polar surface area (TPSA) is 89.3 Å². The lowest BCUT2D eigenvalue weighted by Gasteiger charge is -2.13. The Hall–Kier alpha value is -1.20. The number of rotatable bonds is 5.